The molecule has 2 aromatic carbocycles. The second kappa shape index (κ2) is 9.30. The van der Waals surface area contributed by atoms with Gasteiger partial charge >= 0.3 is 0 Å². The average molecular weight is 428 g/mol. The molecule has 2 unspecified atom stereocenters. The molecule has 0 aliphatic heterocycles. The normalized spacial score (nSPS) is 21.2. The van der Waals surface area contributed by atoms with E-state index in [1.54, 1.807) is 13.1 Å². The summed E-state index contributed by atoms with van der Waals surface area (Å²) in [7, 11) is 2.95. The third-order valence-electron chi connectivity index (χ3n) is 5.57. The minimum atomic E-state index is -0.333. The number of likely N-dealkylation sites (N-methyl/N-ethyl adjacent to an activating group) is 1. The first-order valence-electron chi connectivity index (χ1n) is 9.74. The molecule has 7 heteroatoms. The molecule has 3 rings (SSSR count). The van der Waals surface area contributed by atoms with E-state index in [2.05, 4.69) is 34.7 Å². The van der Waals surface area contributed by atoms with Crippen LogP contribution in [0, 0.1) is 5.92 Å². The molecule has 1 N–H and O–H groups in total. The summed E-state index contributed by atoms with van der Waals surface area (Å²) in [5, 5.41) is 11.5. The van der Waals surface area contributed by atoms with Crippen molar-refractivity contribution >= 4 is 28.9 Å². The van der Waals surface area contributed by atoms with E-state index < -0.39 is 0 Å². The quantitative estimate of drug-likeness (QED) is 0.504. The SMILES string of the molecule is CNC(=O)/C(=N/OC)c1ccccc1CO/N=C(\C)C1CC1(C)c1ccc(Cl)cc1. The number of rotatable bonds is 8. The second-order valence-corrected chi connectivity index (χ2v) is 7.98. The van der Waals surface area contributed by atoms with E-state index in [-0.39, 0.29) is 23.6 Å². The number of amides is 1. The van der Waals surface area contributed by atoms with Crippen LogP contribution >= 0.6 is 11.6 Å². The summed E-state index contributed by atoms with van der Waals surface area (Å²) in [6.07, 6.45) is 1.02. The molecule has 0 heterocycles. The van der Waals surface area contributed by atoms with Crippen LogP contribution in [0.15, 0.2) is 58.8 Å². The number of hydrogen-bond donors (Lipinski definition) is 1. The Morgan fingerprint density at radius 2 is 1.90 bits per heavy atom. The van der Waals surface area contributed by atoms with Crippen molar-refractivity contribution in [3.63, 3.8) is 0 Å². The van der Waals surface area contributed by atoms with Gasteiger partial charge in [-0.3, -0.25) is 4.79 Å². The fourth-order valence-corrected chi connectivity index (χ4v) is 3.82. The number of benzene rings is 2. The van der Waals surface area contributed by atoms with Crippen molar-refractivity contribution < 1.29 is 14.5 Å². The summed E-state index contributed by atoms with van der Waals surface area (Å²) < 4.78 is 0. The van der Waals surface area contributed by atoms with Gasteiger partial charge in [-0.1, -0.05) is 65.2 Å². The van der Waals surface area contributed by atoms with Gasteiger partial charge in [0.05, 0.1) is 5.71 Å². The minimum absolute atomic E-state index is 0.0525. The highest BCUT2D eigenvalue weighted by molar-refractivity contribution is 6.45. The van der Waals surface area contributed by atoms with E-state index in [0.717, 1.165) is 22.7 Å². The van der Waals surface area contributed by atoms with Crippen molar-refractivity contribution in [2.24, 2.45) is 16.2 Å². The van der Waals surface area contributed by atoms with Crippen molar-refractivity contribution in [3.8, 4) is 0 Å². The van der Waals surface area contributed by atoms with Crippen LogP contribution in [0.5, 0.6) is 0 Å². The van der Waals surface area contributed by atoms with E-state index in [9.17, 15) is 4.79 Å². The fourth-order valence-electron chi connectivity index (χ4n) is 3.69. The van der Waals surface area contributed by atoms with Crippen molar-refractivity contribution in [2.75, 3.05) is 14.2 Å². The molecule has 2 aromatic rings. The molecule has 6 nitrogen and oxygen atoms in total. The van der Waals surface area contributed by atoms with Crippen LogP contribution in [0.25, 0.3) is 0 Å². The predicted molar refractivity (Wildman–Crippen MR) is 119 cm³/mol. The van der Waals surface area contributed by atoms with E-state index >= 15 is 0 Å². The monoisotopic (exact) mass is 427 g/mol. The molecule has 1 fully saturated rings. The molecular weight excluding hydrogens is 402 g/mol. The van der Waals surface area contributed by atoms with Gasteiger partial charge in [0.1, 0.15) is 13.7 Å². The Hall–Kier alpha value is -2.86. The summed E-state index contributed by atoms with van der Waals surface area (Å²) in [5.74, 6) is -0.00824. The van der Waals surface area contributed by atoms with Crippen LogP contribution in [-0.2, 0) is 26.5 Å². The van der Waals surface area contributed by atoms with E-state index in [0.29, 0.717) is 11.5 Å². The van der Waals surface area contributed by atoms with Crippen molar-refractivity contribution in [2.45, 2.75) is 32.3 Å². The standard InChI is InChI=1S/C23H26ClN3O3/c1-15(20-13-23(20,2)17-9-11-18(24)12-10-17)26-30-14-16-7-5-6-8-19(16)21(27-29-4)22(28)25-3/h5-12,20H,13-14H2,1-4H3,(H,25,28)/b26-15+,27-21+. The smallest absolute Gasteiger partial charge is 0.273 e. The van der Waals surface area contributed by atoms with Crippen LogP contribution in [0.2, 0.25) is 5.02 Å². The molecule has 2 atom stereocenters. The number of halogens is 1. The van der Waals surface area contributed by atoms with Crippen LogP contribution < -0.4 is 5.32 Å². The molecule has 0 saturated heterocycles. The largest absolute Gasteiger partial charge is 0.398 e. The molecule has 0 aromatic heterocycles. The van der Waals surface area contributed by atoms with Gasteiger partial charge in [0.25, 0.3) is 5.91 Å². The highest BCUT2D eigenvalue weighted by Gasteiger charge is 2.53. The topological polar surface area (TPSA) is 72.3 Å². The third-order valence-corrected chi connectivity index (χ3v) is 5.82. The summed E-state index contributed by atoms with van der Waals surface area (Å²) in [6.45, 7) is 4.43. The maximum absolute atomic E-state index is 12.2. The van der Waals surface area contributed by atoms with Gasteiger partial charge in [-0.2, -0.15) is 0 Å². The zero-order valence-electron chi connectivity index (χ0n) is 17.6. The van der Waals surface area contributed by atoms with Crippen LogP contribution in [0.3, 0.4) is 0 Å². The molecule has 1 amide bonds. The van der Waals surface area contributed by atoms with Gasteiger partial charge < -0.3 is 15.0 Å². The Bertz CT molecular complexity index is 972. The van der Waals surface area contributed by atoms with E-state index in [1.807, 2.05) is 37.3 Å². The summed E-state index contributed by atoms with van der Waals surface area (Å²) in [5.41, 5.74) is 3.88. The fraction of sp³-hybridized carbons (Fsp3) is 0.348. The van der Waals surface area contributed by atoms with Gasteiger partial charge in [0.2, 0.25) is 0 Å². The number of carbonyl (C=O) groups excluding carboxylic acids is 1. The molecule has 1 aliphatic carbocycles. The predicted octanol–water partition coefficient (Wildman–Crippen LogP) is 4.31. The lowest BCUT2D eigenvalue weighted by molar-refractivity contribution is -0.114. The van der Waals surface area contributed by atoms with Crippen LogP contribution in [0.1, 0.15) is 37.0 Å². The Kier molecular flexibility index (Phi) is 6.77. The molecule has 158 valence electrons. The Morgan fingerprint density at radius 3 is 2.57 bits per heavy atom. The van der Waals surface area contributed by atoms with Crippen molar-refractivity contribution in [3.05, 3.63) is 70.2 Å². The molecule has 0 spiro atoms. The molecule has 0 bridgehead atoms. The van der Waals surface area contributed by atoms with Crippen molar-refractivity contribution in [1.82, 2.24) is 5.32 Å². The first-order valence-corrected chi connectivity index (χ1v) is 10.1. The number of hydrogen-bond acceptors (Lipinski definition) is 5. The summed E-state index contributed by atoms with van der Waals surface area (Å²) in [6, 6.07) is 15.4. The van der Waals surface area contributed by atoms with Gasteiger partial charge in [-0.15, -0.1) is 0 Å². The molecular formula is C23H26ClN3O3. The van der Waals surface area contributed by atoms with E-state index in [1.165, 1.54) is 12.7 Å². The highest BCUT2D eigenvalue weighted by atomic mass is 35.5. The number of nitrogens with zero attached hydrogens (tertiary/aromatic N) is 2. The maximum atomic E-state index is 12.2. The zero-order chi connectivity index (χ0) is 21.7. The molecule has 30 heavy (non-hydrogen) atoms. The first-order chi connectivity index (χ1) is 14.4. The third kappa shape index (κ3) is 4.65. The number of nitrogens with one attached hydrogen (secondary N) is 1. The minimum Gasteiger partial charge on any atom is -0.398 e. The van der Waals surface area contributed by atoms with Crippen molar-refractivity contribution in [1.29, 1.82) is 0 Å². The van der Waals surface area contributed by atoms with Crippen LogP contribution in [-0.4, -0.2) is 31.5 Å². The van der Waals surface area contributed by atoms with Gasteiger partial charge in [-0.05, 0) is 31.0 Å². The maximum Gasteiger partial charge on any atom is 0.273 e. The van der Waals surface area contributed by atoms with Gasteiger partial charge in [0.15, 0.2) is 5.71 Å². The molecule has 1 saturated carbocycles. The molecule has 1 aliphatic rings. The average Bonchev–Trinajstić information content (AvgIpc) is 3.45. The summed E-state index contributed by atoms with van der Waals surface area (Å²) >= 11 is 6.01. The van der Waals surface area contributed by atoms with Crippen LogP contribution in [0.4, 0.5) is 0 Å². The second-order valence-electron chi connectivity index (χ2n) is 7.55. The zero-order valence-corrected chi connectivity index (χ0v) is 18.4. The lowest BCUT2D eigenvalue weighted by Crippen LogP contribution is -2.29. The lowest BCUT2D eigenvalue weighted by atomic mass is 9.94. The number of oxime groups is 2. The Labute approximate surface area is 181 Å². The molecule has 0 radical (unpaired) electrons. The summed E-state index contributed by atoms with van der Waals surface area (Å²) in [4.78, 5) is 22.7. The van der Waals surface area contributed by atoms with E-state index in [4.69, 9.17) is 21.3 Å². The Morgan fingerprint density at radius 1 is 1.20 bits per heavy atom. The first kappa shape index (κ1) is 21.8. The highest BCUT2D eigenvalue weighted by Crippen LogP contribution is 2.54. The Balaban J connectivity index is 1.70. The number of carbonyl (C=O) groups is 1. The van der Waals surface area contributed by atoms with Gasteiger partial charge in [-0.25, -0.2) is 0 Å². The lowest BCUT2D eigenvalue weighted by Gasteiger charge is -2.12. The van der Waals surface area contributed by atoms with Gasteiger partial charge in [0, 0.05) is 34.5 Å².